The summed E-state index contributed by atoms with van der Waals surface area (Å²) in [4.78, 5) is 0. The smallest absolute Gasteiger partial charge is 0.0166 e. The summed E-state index contributed by atoms with van der Waals surface area (Å²) in [5.74, 6) is 0. The molecule has 3 N–H and O–H groups in total. The van der Waals surface area contributed by atoms with E-state index in [0.717, 1.165) is 6.54 Å². The van der Waals surface area contributed by atoms with Gasteiger partial charge < -0.3 is 11.1 Å². The Hall–Kier alpha value is -0.0800. The predicted octanol–water partition coefficient (Wildman–Crippen LogP) is 2.82. The van der Waals surface area contributed by atoms with Gasteiger partial charge in [0.15, 0.2) is 0 Å². The van der Waals surface area contributed by atoms with E-state index in [0.29, 0.717) is 5.41 Å². The summed E-state index contributed by atoms with van der Waals surface area (Å²) in [6, 6.07) is 0. The van der Waals surface area contributed by atoms with Crippen molar-refractivity contribution in [1.82, 2.24) is 5.32 Å². The fourth-order valence-corrected chi connectivity index (χ4v) is 3.19. The summed E-state index contributed by atoms with van der Waals surface area (Å²) in [5.41, 5.74) is 6.98. The third kappa shape index (κ3) is 3.21. The van der Waals surface area contributed by atoms with E-state index >= 15 is 0 Å². The Morgan fingerprint density at radius 1 is 1.00 bits per heavy atom. The van der Waals surface area contributed by atoms with E-state index in [-0.39, 0.29) is 5.54 Å². The molecule has 0 aromatic carbocycles. The zero-order valence-electron chi connectivity index (χ0n) is 10.9. The highest BCUT2D eigenvalue weighted by Gasteiger charge is 2.32. The van der Waals surface area contributed by atoms with Crippen LogP contribution in [0.15, 0.2) is 0 Å². The second-order valence-electron chi connectivity index (χ2n) is 6.51. The Balaban J connectivity index is 1.59. The second-order valence-corrected chi connectivity index (χ2v) is 6.51. The van der Waals surface area contributed by atoms with Gasteiger partial charge in [-0.15, -0.1) is 0 Å². The minimum absolute atomic E-state index is 0.195. The molecule has 0 heterocycles. The zero-order chi connectivity index (χ0) is 11.5. The molecule has 0 aliphatic heterocycles. The summed E-state index contributed by atoms with van der Waals surface area (Å²) in [6.07, 6.45) is 12.1. The molecule has 0 atom stereocenters. The van der Waals surface area contributed by atoms with Crippen molar-refractivity contribution >= 4 is 0 Å². The van der Waals surface area contributed by atoms with Crippen molar-refractivity contribution in [2.24, 2.45) is 11.1 Å². The maximum absolute atomic E-state index is 6.22. The van der Waals surface area contributed by atoms with Gasteiger partial charge in [0, 0.05) is 12.1 Å². The third-order valence-corrected chi connectivity index (χ3v) is 4.76. The lowest BCUT2D eigenvalue weighted by molar-refractivity contribution is 0.194. The Labute approximate surface area is 100 Å². The fraction of sp³-hybridized carbons (Fsp3) is 1.00. The third-order valence-electron chi connectivity index (χ3n) is 4.76. The largest absolute Gasteiger partial charge is 0.325 e. The number of hydrogen-bond donors (Lipinski definition) is 2. The first-order chi connectivity index (χ1) is 7.62. The topological polar surface area (TPSA) is 38.0 Å². The quantitative estimate of drug-likeness (QED) is 0.705. The molecule has 2 aliphatic rings. The Bertz CT molecular complexity index is 215. The van der Waals surface area contributed by atoms with E-state index < -0.39 is 0 Å². The molecule has 0 unspecified atom stereocenters. The Morgan fingerprint density at radius 2 is 1.69 bits per heavy atom. The van der Waals surface area contributed by atoms with Crippen molar-refractivity contribution in [3.05, 3.63) is 0 Å². The second kappa shape index (κ2) is 5.05. The number of nitrogens with one attached hydrogen (secondary N) is 1. The summed E-state index contributed by atoms with van der Waals surface area (Å²) < 4.78 is 0. The molecule has 2 fully saturated rings. The molecule has 94 valence electrons. The molecule has 2 rings (SSSR count). The van der Waals surface area contributed by atoms with Gasteiger partial charge in [0.25, 0.3) is 0 Å². The van der Waals surface area contributed by atoms with Gasteiger partial charge in [-0.05, 0) is 50.5 Å². The van der Waals surface area contributed by atoms with E-state index in [1.165, 1.54) is 64.3 Å². The molecule has 0 radical (unpaired) electrons. The van der Waals surface area contributed by atoms with Crippen LogP contribution in [0, 0.1) is 5.41 Å². The molecule has 2 nitrogen and oxygen atoms in total. The van der Waals surface area contributed by atoms with Gasteiger partial charge in [-0.3, -0.25) is 0 Å². The maximum Gasteiger partial charge on any atom is 0.0166 e. The highest BCUT2D eigenvalue weighted by Crippen LogP contribution is 2.35. The molecule has 0 saturated heterocycles. The Morgan fingerprint density at radius 3 is 2.25 bits per heavy atom. The van der Waals surface area contributed by atoms with Crippen molar-refractivity contribution in [3.63, 3.8) is 0 Å². The molecule has 0 bridgehead atoms. The van der Waals surface area contributed by atoms with Crippen molar-refractivity contribution in [3.8, 4) is 0 Å². The molecule has 0 aromatic heterocycles. The van der Waals surface area contributed by atoms with Crippen LogP contribution in [0.3, 0.4) is 0 Å². The molecule has 0 spiro atoms. The summed E-state index contributed by atoms with van der Waals surface area (Å²) in [6.45, 7) is 4.76. The van der Waals surface area contributed by atoms with Gasteiger partial charge in [-0.1, -0.05) is 26.2 Å². The molecule has 0 amide bonds. The van der Waals surface area contributed by atoms with Crippen LogP contribution in [-0.2, 0) is 0 Å². The molecule has 0 aromatic rings. The fourth-order valence-electron chi connectivity index (χ4n) is 3.19. The average molecular weight is 224 g/mol. The minimum atomic E-state index is 0.195. The Kier molecular flexibility index (Phi) is 3.91. The van der Waals surface area contributed by atoms with E-state index in [9.17, 15) is 0 Å². The first-order valence-corrected chi connectivity index (χ1v) is 7.12. The van der Waals surface area contributed by atoms with Crippen LogP contribution >= 0.6 is 0 Å². The maximum atomic E-state index is 6.22. The van der Waals surface area contributed by atoms with Crippen molar-refractivity contribution in [1.29, 1.82) is 0 Å². The average Bonchev–Trinajstić information content (AvgIpc) is 2.23. The molecular weight excluding hydrogens is 196 g/mol. The molecule has 2 saturated carbocycles. The lowest BCUT2D eigenvalue weighted by Gasteiger charge is -2.39. The monoisotopic (exact) mass is 224 g/mol. The van der Waals surface area contributed by atoms with Crippen LogP contribution < -0.4 is 11.1 Å². The van der Waals surface area contributed by atoms with Crippen molar-refractivity contribution in [2.75, 3.05) is 13.1 Å². The normalized spacial score (nSPS) is 27.4. The van der Waals surface area contributed by atoms with Gasteiger partial charge in [0.1, 0.15) is 0 Å². The first kappa shape index (κ1) is 12.4. The van der Waals surface area contributed by atoms with E-state index in [4.69, 9.17) is 5.73 Å². The molecule has 2 aliphatic carbocycles. The number of rotatable bonds is 5. The highest BCUT2D eigenvalue weighted by atomic mass is 14.9. The standard InChI is InChI=1S/C14H28N2/c1-13(6-3-2-4-7-13)12-16-11-10-14(15)8-5-9-14/h16H,2-12,15H2,1H3. The van der Waals surface area contributed by atoms with E-state index in [1.807, 2.05) is 0 Å². The lowest BCUT2D eigenvalue weighted by Crippen LogP contribution is -2.48. The minimum Gasteiger partial charge on any atom is -0.325 e. The predicted molar refractivity (Wildman–Crippen MR) is 69.4 cm³/mol. The summed E-state index contributed by atoms with van der Waals surface area (Å²) in [5, 5.41) is 3.64. The molecule has 16 heavy (non-hydrogen) atoms. The summed E-state index contributed by atoms with van der Waals surface area (Å²) in [7, 11) is 0. The van der Waals surface area contributed by atoms with Crippen molar-refractivity contribution in [2.45, 2.75) is 70.3 Å². The van der Waals surface area contributed by atoms with Crippen LogP contribution in [0.25, 0.3) is 0 Å². The summed E-state index contributed by atoms with van der Waals surface area (Å²) >= 11 is 0. The van der Waals surface area contributed by atoms with E-state index in [2.05, 4.69) is 12.2 Å². The van der Waals surface area contributed by atoms with Gasteiger partial charge >= 0.3 is 0 Å². The van der Waals surface area contributed by atoms with Gasteiger partial charge in [0.2, 0.25) is 0 Å². The number of hydrogen-bond acceptors (Lipinski definition) is 2. The van der Waals surface area contributed by atoms with Gasteiger partial charge in [-0.2, -0.15) is 0 Å². The van der Waals surface area contributed by atoms with Crippen LogP contribution in [0.1, 0.15) is 64.7 Å². The SMILES string of the molecule is CC1(CNCCC2(N)CCC2)CCCCC1. The van der Waals surface area contributed by atoms with Gasteiger partial charge in [-0.25, -0.2) is 0 Å². The molecule has 2 heteroatoms. The highest BCUT2D eigenvalue weighted by molar-refractivity contribution is 4.93. The first-order valence-electron chi connectivity index (χ1n) is 7.12. The van der Waals surface area contributed by atoms with Crippen LogP contribution in [-0.4, -0.2) is 18.6 Å². The van der Waals surface area contributed by atoms with Crippen LogP contribution in [0.2, 0.25) is 0 Å². The molecular formula is C14H28N2. The van der Waals surface area contributed by atoms with Gasteiger partial charge in [0.05, 0.1) is 0 Å². The lowest BCUT2D eigenvalue weighted by atomic mass is 9.74. The van der Waals surface area contributed by atoms with E-state index in [1.54, 1.807) is 0 Å². The zero-order valence-corrected chi connectivity index (χ0v) is 10.9. The number of nitrogens with two attached hydrogens (primary N) is 1. The van der Waals surface area contributed by atoms with Crippen LogP contribution in [0.4, 0.5) is 0 Å². The van der Waals surface area contributed by atoms with Crippen LogP contribution in [0.5, 0.6) is 0 Å². The van der Waals surface area contributed by atoms with Crippen molar-refractivity contribution < 1.29 is 0 Å².